The van der Waals surface area contributed by atoms with Gasteiger partial charge >= 0.3 is 33.6 Å². The molecule has 0 aromatic carbocycles. The fourth-order valence-electron chi connectivity index (χ4n) is 7.87. The third-order valence-electron chi connectivity index (χ3n) is 12.9. The number of hydrogen-bond donors (Lipinski definition) is 4. The van der Waals surface area contributed by atoms with Gasteiger partial charge in [0.05, 0.1) is 26.4 Å². The maximum atomic E-state index is 12.9. The number of aliphatic hydroxyl groups excluding tert-OH is 2. The van der Waals surface area contributed by atoms with Gasteiger partial charge in [-0.1, -0.05) is 229 Å². The zero-order chi connectivity index (χ0) is 66.7. The van der Waals surface area contributed by atoms with Crippen molar-refractivity contribution in [2.24, 2.45) is 0 Å². The van der Waals surface area contributed by atoms with Gasteiger partial charge in [0.25, 0.3) is 0 Å². The van der Waals surface area contributed by atoms with Crippen LogP contribution in [0.5, 0.6) is 0 Å². The topological polar surface area (TPSA) is 231 Å². The summed E-state index contributed by atoms with van der Waals surface area (Å²) in [5.74, 6) is -1.76. The lowest BCUT2D eigenvalue weighted by Crippen LogP contribution is -2.30. The first-order valence-corrected chi connectivity index (χ1v) is 36.4. The number of phosphoric ester groups is 2. The van der Waals surface area contributed by atoms with E-state index in [9.17, 15) is 43.5 Å². The Hall–Kier alpha value is -5.09. The number of allylic oxidation sites excluding steroid dienone is 28. The Morgan fingerprint density at radius 2 is 0.615 bits per heavy atom. The summed E-state index contributed by atoms with van der Waals surface area (Å²) in [6.45, 7) is 2.19. The molecule has 0 heterocycles. The maximum Gasteiger partial charge on any atom is 0.472 e. The van der Waals surface area contributed by atoms with E-state index >= 15 is 0 Å². The molecule has 0 bridgehead atoms. The molecule has 0 aliphatic carbocycles. The molecule has 0 aliphatic heterocycles. The Bertz CT molecular complexity index is 2340. The fourth-order valence-corrected chi connectivity index (χ4v) is 9.46. The minimum atomic E-state index is -4.96. The second kappa shape index (κ2) is 65.0. The van der Waals surface area contributed by atoms with Crippen LogP contribution in [0.2, 0.25) is 0 Å². The lowest BCUT2D eigenvalue weighted by molar-refractivity contribution is -0.161. The average Bonchev–Trinajstić information content (AvgIpc) is 3.02. The first-order valence-electron chi connectivity index (χ1n) is 33.4. The number of hydrogen-bond acceptors (Lipinski definition) is 14. The number of ether oxygens (including phenoxy) is 3. The molecule has 5 atom stereocenters. The van der Waals surface area contributed by atoms with Crippen molar-refractivity contribution < 1.29 is 75.8 Å². The molecule has 0 aliphatic rings. The summed E-state index contributed by atoms with van der Waals surface area (Å²) < 4.78 is 60.7. The lowest BCUT2D eigenvalue weighted by atomic mass is 10.1. The Morgan fingerprint density at radius 3 is 1.02 bits per heavy atom. The summed E-state index contributed by atoms with van der Waals surface area (Å²) in [5, 5.41) is 20.5. The van der Waals surface area contributed by atoms with Crippen LogP contribution in [0.4, 0.5) is 0 Å². The molecule has 0 aromatic heterocycles. The van der Waals surface area contributed by atoms with Crippen molar-refractivity contribution in [3.05, 3.63) is 170 Å². The fraction of sp³-hybridized carbons (Fsp3) is 0.575. The minimum absolute atomic E-state index is 0.0143. The van der Waals surface area contributed by atoms with Crippen molar-refractivity contribution in [1.29, 1.82) is 0 Å². The Kier molecular flexibility index (Phi) is 61.4. The molecule has 0 radical (unpaired) electrons. The van der Waals surface area contributed by atoms with Gasteiger partial charge in [-0.3, -0.25) is 32.5 Å². The summed E-state index contributed by atoms with van der Waals surface area (Å²) >= 11 is 0. The highest BCUT2D eigenvalue weighted by Gasteiger charge is 2.29. The van der Waals surface area contributed by atoms with Gasteiger partial charge in [0.15, 0.2) is 6.10 Å². The van der Waals surface area contributed by atoms with E-state index in [-0.39, 0.29) is 19.3 Å². The number of rotatable bonds is 61. The summed E-state index contributed by atoms with van der Waals surface area (Å²) in [4.78, 5) is 58.3. The van der Waals surface area contributed by atoms with Crippen molar-refractivity contribution in [3.63, 3.8) is 0 Å². The predicted molar refractivity (Wildman–Crippen MR) is 371 cm³/mol. The molecule has 0 saturated heterocycles. The predicted octanol–water partition coefficient (Wildman–Crippen LogP) is 18.5. The van der Waals surface area contributed by atoms with Crippen molar-refractivity contribution in [2.45, 2.75) is 232 Å². The molecule has 16 nitrogen and oxygen atoms in total. The lowest BCUT2D eigenvalue weighted by Gasteiger charge is -2.21. The van der Waals surface area contributed by atoms with Gasteiger partial charge < -0.3 is 34.2 Å². The molecular weight excluding hydrogens is 1190 g/mol. The van der Waals surface area contributed by atoms with E-state index in [0.29, 0.717) is 32.1 Å². The van der Waals surface area contributed by atoms with Gasteiger partial charge in [0.1, 0.15) is 25.4 Å². The van der Waals surface area contributed by atoms with Crippen LogP contribution in [0.25, 0.3) is 0 Å². The van der Waals surface area contributed by atoms with E-state index in [2.05, 4.69) is 161 Å². The number of carbonyl (C=O) groups excluding carboxylic acids is 3. The zero-order valence-corrected chi connectivity index (χ0v) is 57.2. The number of phosphoric acid groups is 2. The molecule has 18 heteroatoms. The van der Waals surface area contributed by atoms with Gasteiger partial charge in [-0.2, -0.15) is 0 Å². The summed E-state index contributed by atoms with van der Waals surface area (Å²) in [6, 6.07) is 0. The quantitative estimate of drug-likeness (QED) is 0.0146. The van der Waals surface area contributed by atoms with Gasteiger partial charge in [-0.15, -0.1) is 0 Å². The number of aliphatic hydroxyl groups is 2. The molecule has 0 amide bonds. The Balaban J connectivity index is 4.86. The molecule has 514 valence electrons. The largest absolute Gasteiger partial charge is 0.472 e. The van der Waals surface area contributed by atoms with Crippen LogP contribution in [-0.4, -0.2) is 95.9 Å². The van der Waals surface area contributed by atoms with E-state index in [1.165, 1.54) is 19.3 Å². The molecule has 5 unspecified atom stereocenters. The molecule has 0 saturated carbocycles. The molecule has 4 N–H and O–H groups in total. The first-order chi connectivity index (χ1) is 44.2. The van der Waals surface area contributed by atoms with Crippen LogP contribution >= 0.6 is 15.6 Å². The Labute approximate surface area is 548 Å². The van der Waals surface area contributed by atoms with Crippen molar-refractivity contribution in [2.75, 3.05) is 39.6 Å². The molecule has 0 rings (SSSR count). The molecule has 0 spiro atoms. The smallest absolute Gasteiger partial charge is 0.463 e. The van der Waals surface area contributed by atoms with Crippen molar-refractivity contribution in [3.8, 4) is 0 Å². The van der Waals surface area contributed by atoms with Crippen LogP contribution in [-0.2, 0) is 55.8 Å². The highest BCUT2D eigenvalue weighted by atomic mass is 31.2. The summed E-state index contributed by atoms with van der Waals surface area (Å²) in [6.07, 6.45) is 80.0. The van der Waals surface area contributed by atoms with Gasteiger partial charge in [-0.05, 0) is 135 Å². The molecular formula is C73H116O16P2. The maximum absolute atomic E-state index is 12.9. The van der Waals surface area contributed by atoms with Gasteiger partial charge in [0.2, 0.25) is 0 Å². The average molecular weight is 1310 g/mol. The summed E-state index contributed by atoms with van der Waals surface area (Å²) in [5.41, 5.74) is 0. The molecule has 0 aromatic rings. The monoisotopic (exact) mass is 1310 g/mol. The third kappa shape index (κ3) is 66.2. The van der Waals surface area contributed by atoms with Gasteiger partial charge in [0, 0.05) is 19.3 Å². The van der Waals surface area contributed by atoms with E-state index in [1.807, 2.05) is 30.4 Å². The summed E-state index contributed by atoms with van der Waals surface area (Å²) in [7, 11) is -9.84. The first kappa shape index (κ1) is 85.9. The molecule has 0 fully saturated rings. The number of carbonyl (C=O) groups is 3. The minimum Gasteiger partial charge on any atom is -0.463 e. The van der Waals surface area contributed by atoms with Gasteiger partial charge in [-0.25, -0.2) is 9.13 Å². The van der Waals surface area contributed by atoms with E-state index in [0.717, 1.165) is 122 Å². The second-order valence-electron chi connectivity index (χ2n) is 21.5. The number of unbranched alkanes of at least 4 members (excludes halogenated alkanes) is 10. The Morgan fingerprint density at radius 1 is 0.319 bits per heavy atom. The van der Waals surface area contributed by atoms with E-state index in [4.69, 9.17) is 32.3 Å². The highest BCUT2D eigenvalue weighted by Crippen LogP contribution is 2.45. The van der Waals surface area contributed by atoms with Crippen molar-refractivity contribution in [1.82, 2.24) is 0 Å². The van der Waals surface area contributed by atoms with Crippen LogP contribution in [0.15, 0.2) is 170 Å². The highest BCUT2D eigenvalue weighted by molar-refractivity contribution is 7.47. The zero-order valence-electron chi connectivity index (χ0n) is 55.4. The van der Waals surface area contributed by atoms with Crippen molar-refractivity contribution >= 4 is 33.6 Å². The normalized spacial score (nSPS) is 15.3. The van der Waals surface area contributed by atoms with E-state index < -0.39 is 91.5 Å². The molecule has 91 heavy (non-hydrogen) atoms. The second-order valence-corrected chi connectivity index (χ2v) is 24.4. The van der Waals surface area contributed by atoms with E-state index in [1.54, 1.807) is 0 Å². The third-order valence-corrected chi connectivity index (χ3v) is 14.8. The van der Waals surface area contributed by atoms with Crippen LogP contribution in [0, 0.1) is 0 Å². The van der Waals surface area contributed by atoms with Crippen LogP contribution in [0.3, 0.4) is 0 Å². The SMILES string of the molecule is CC/C=C\C/C=C\C/C=C\C/C=C\C/C=C\C/C=C\CCC(=O)OCC(O)COP(=O)(O)OCC(O)COP(=O)(O)OCC(COC(=O)CCCCCCCC/C=C\C/C=C\C/C=C\CCCCC)OC(=O)CCC/C=C\C/C=C\C/C=C\C/C=C\C/C=C\CC. The van der Waals surface area contributed by atoms with Crippen LogP contribution in [0.1, 0.15) is 213 Å². The van der Waals surface area contributed by atoms with Crippen LogP contribution < -0.4 is 0 Å². The standard InChI is InChI=1S/C73H116O16P2/c1-4-7-10-13-16-19-22-25-28-31-33-36-38-41-44-47-50-53-56-59-71(76)83-62-68(74)63-85-90(79,80)86-64-69(75)65-87-91(81,82)88-67-70(89-73(78)61-58-55-52-49-46-43-40-35-30-27-24-21-18-15-12-9-6-3)66-84-72(77)60-57-54-51-48-45-42-39-37-34-32-29-26-23-20-17-14-11-8-5-2/h7,9-10,12,16-21,25-30,33-34,36-37,40-41,43-44,49-50,52-53,68-70,74-75H,4-6,8,11,13-15,22-24,31-32,35,38-39,42,45-48,51,54-67H2,1-3H3,(H,79,80)(H,81,82)/b10-7-,12-9-,19-16-,20-17-,21-18-,28-25-,29-26-,30-27-,36-33-,37-34-,43-40-,44-41-,52-49-,53-50-. The number of esters is 3.